The molecule has 0 aliphatic heterocycles. The van der Waals surface area contributed by atoms with Crippen LogP contribution in [0.4, 0.5) is 0 Å². The van der Waals surface area contributed by atoms with Crippen LogP contribution in [-0.2, 0) is 5.75 Å². The van der Waals surface area contributed by atoms with Crippen LogP contribution in [-0.4, -0.2) is 12.4 Å². The van der Waals surface area contributed by atoms with E-state index in [1.165, 1.54) is 5.56 Å². The van der Waals surface area contributed by atoms with Crippen LogP contribution in [0.1, 0.15) is 19.4 Å². The minimum atomic E-state index is 0.696. The second-order valence-corrected chi connectivity index (χ2v) is 4.77. The first kappa shape index (κ1) is 10.5. The molecule has 0 N–H and O–H groups in total. The molecule has 0 saturated heterocycles. The van der Waals surface area contributed by atoms with Crippen molar-refractivity contribution in [2.45, 2.75) is 24.9 Å². The zero-order valence-electron chi connectivity index (χ0n) is 8.41. The zero-order valence-corrected chi connectivity index (χ0v) is 9.23. The molecule has 0 radical (unpaired) electrons. The minimum absolute atomic E-state index is 0.696. The van der Waals surface area contributed by atoms with Crippen molar-refractivity contribution in [3.05, 3.63) is 29.8 Å². The minimum Gasteiger partial charge on any atom is -0.497 e. The molecule has 1 nitrogen and oxygen atoms in total. The fourth-order valence-electron chi connectivity index (χ4n) is 0.985. The molecule has 0 atom stereocenters. The molecule has 0 spiro atoms. The Morgan fingerprint density at radius 3 is 2.31 bits per heavy atom. The molecule has 72 valence electrons. The summed E-state index contributed by atoms with van der Waals surface area (Å²) in [7, 11) is 1.69. The molecule has 0 aromatic heterocycles. The molecule has 0 aliphatic rings. The lowest BCUT2D eigenvalue weighted by Crippen LogP contribution is -1.89. The van der Waals surface area contributed by atoms with Crippen molar-refractivity contribution < 1.29 is 4.74 Å². The van der Waals surface area contributed by atoms with Crippen molar-refractivity contribution in [3.63, 3.8) is 0 Å². The van der Waals surface area contributed by atoms with E-state index in [1.54, 1.807) is 7.11 Å². The van der Waals surface area contributed by atoms with Crippen molar-refractivity contribution in [3.8, 4) is 5.75 Å². The fraction of sp³-hybridized carbons (Fsp3) is 0.455. The molecule has 13 heavy (non-hydrogen) atoms. The van der Waals surface area contributed by atoms with E-state index in [2.05, 4.69) is 26.0 Å². The zero-order chi connectivity index (χ0) is 9.68. The number of hydrogen-bond acceptors (Lipinski definition) is 2. The number of methoxy groups -OCH3 is 1. The first-order valence-electron chi connectivity index (χ1n) is 4.47. The third kappa shape index (κ3) is 3.73. The molecule has 1 rings (SSSR count). The van der Waals surface area contributed by atoms with Gasteiger partial charge < -0.3 is 4.74 Å². The van der Waals surface area contributed by atoms with E-state index in [0.717, 1.165) is 11.5 Å². The summed E-state index contributed by atoms with van der Waals surface area (Å²) < 4.78 is 5.09. The lowest BCUT2D eigenvalue weighted by atomic mass is 10.2. The van der Waals surface area contributed by atoms with Crippen LogP contribution in [0.3, 0.4) is 0 Å². The maximum Gasteiger partial charge on any atom is 0.118 e. The van der Waals surface area contributed by atoms with E-state index >= 15 is 0 Å². The van der Waals surface area contributed by atoms with Gasteiger partial charge in [-0.3, -0.25) is 0 Å². The van der Waals surface area contributed by atoms with E-state index in [1.807, 2.05) is 23.9 Å². The Labute approximate surface area is 84.5 Å². The van der Waals surface area contributed by atoms with Gasteiger partial charge in [0.05, 0.1) is 7.11 Å². The summed E-state index contributed by atoms with van der Waals surface area (Å²) in [6, 6.07) is 8.26. The summed E-state index contributed by atoms with van der Waals surface area (Å²) in [6.45, 7) is 4.43. The summed E-state index contributed by atoms with van der Waals surface area (Å²) >= 11 is 1.96. The van der Waals surface area contributed by atoms with E-state index in [9.17, 15) is 0 Å². The maximum atomic E-state index is 5.09. The lowest BCUT2D eigenvalue weighted by molar-refractivity contribution is 0.414. The van der Waals surface area contributed by atoms with Crippen LogP contribution in [0.15, 0.2) is 24.3 Å². The monoisotopic (exact) mass is 196 g/mol. The number of rotatable bonds is 4. The van der Waals surface area contributed by atoms with Crippen LogP contribution >= 0.6 is 11.8 Å². The normalized spacial score (nSPS) is 10.5. The van der Waals surface area contributed by atoms with Crippen molar-refractivity contribution in [2.24, 2.45) is 0 Å². The summed E-state index contributed by atoms with van der Waals surface area (Å²) in [5, 5.41) is 0.696. The highest BCUT2D eigenvalue weighted by Crippen LogP contribution is 2.19. The summed E-state index contributed by atoms with van der Waals surface area (Å²) in [5.41, 5.74) is 1.36. The van der Waals surface area contributed by atoms with E-state index in [-0.39, 0.29) is 0 Å². The fourth-order valence-corrected chi connectivity index (χ4v) is 1.70. The average Bonchev–Trinajstić information content (AvgIpc) is 2.15. The van der Waals surface area contributed by atoms with E-state index in [4.69, 9.17) is 4.74 Å². The first-order valence-corrected chi connectivity index (χ1v) is 5.52. The summed E-state index contributed by atoms with van der Waals surface area (Å²) in [6.07, 6.45) is 0. The highest BCUT2D eigenvalue weighted by molar-refractivity contribution is 7.99. The van der Waals surface area contributed by atoms with Crippen LogP contribution in [0.2, 0.25) is 0 Å². The predicted octanol–water partition coefficient (Wildman–Crippen LogP) is 3.34. The number of hydrogen-bond donors (Lipinski definition) is 0. The molecule has 0 heterocycles. The summed E-state index contributed by atoms with van der Waals surface area (Å²) in [4.78, 5) is 0. The van der Waals surface area contributed by atoms with Gasteiger partial charge in [-0.15, -0.1) is 0 Å². The molecular formula is C11H16OS. The third-order valence-electron chi connectivity index (χ3n) is 1.74. The predicted molar refractivity (Wildman–Crippen MR) is 59.4 cm³/mol. The molecular weight excluding hydrogens is 180 g/mol. The molecule has 0 saturated carbocycles. The van der Waals surface area contributed by atoms with Gasteiger partial charge in [-0.05, 0) is 22.9 Å². The van der Waals surface area contributed by atoms with Gasteiger partial charge in [-0.1, -0.05) is 26.0 Å². The SMILES string of the molecule is COc1ccc(CSC(C)C)cc1. The second-order valence-electron chi connectivity index (χ2n) is 3.21. The molecule has 0 unspecified atom stereocenters. The molecule has 2 heteroatoms. The molecule has 0 aliphatic carbocycles. The Bertz CT molecular complexity index is 241. The first-order chi connectivity index (χ1) is 6.22. The number of benzene rings is 1. The van der Waals surface area contributed by atoms with Crippen molar-refractivity contribution in [1.82, 2.24) is 0 Å². The van der Waals surface area contributed by atoms with Gasteiger partial charge in [0, 0.05) is 5.75 Å². The van der Waals surface area contributed by atoms with Crippen molar-refractivity contribution >= 4 is 11.8 Å². The highest BCUT2D eigenvalue weighted by Gasteiger charge is 1.97. The van der Waals surface area contributed by atoms with E-state index in [0.29, 0.717) is 5.25 Å². The van der Waals surface area contributed by atoms with Crippen LogP contribution in [0.25, 0.3) is 0 Å². The third-order valence-corrected chi connectivity index (χ3v) is 2.91. The number of thioether (sulfide) groups is 1. The van der Waals surface area contributed by atoms with Gasteiger partial charge in [0.1, 0.15) is 5.75 Å². The summed E-state index contributed by atoms with van der Waals surface area (Å²) in [5.74, 6) is 2.01. The molecule has 1 aromatic rings. The largest absolute Gasteiger partial charge is 0.497 e. The van der Waals surface area contributed by atoms with Gasteiger partial charge in [-0.2, -0.15) is 11.8 Å². The Morgan fingerprint density at radius 2 is 1.85 bits per heavy atom. The lowest BCUT2D eigenvalue weighted by Gasteiger charge is -2.05. The quantitative estimate of drug-likeness (QED) is 0.730. The maximum absolute atomic E-state index is 5.09. The highest BCUT2D eigenvalue weighted by atomic mass is 32.2. The molecule has 0 fully saturated rings. The molecule has 0 amide bonds. The molecule has 0 bridgehead atoms. The van der Waals surface area contributed by atoms with Crippen molar-refractivity contribution in [2.75, 3.05) is 7.11 Å². The van der Waals surface area contributed by atoms with Crippen LogP contribution in [0, 0.1) is 0 Å². The number of ether oxygens (including phenoxy) is 1. The topological polar surface area (TPSA) is 9.23 Å². The van der Waals surface area contributed by atoms with Gasteiger partial charge in [0.2, 0.25) is 0 Å². The second kappa shape index (κ2) is 5.18. The van der Waals surface area contributed by atoms with E-state index < -0.39 is 0 Å². The van der Waals surface area contributed by atoms with Gasteiger partial charge in [0.15, 0.2) is 0 Å². The standard InChI is InChI=1S/C11H16OS/c1-9(2)13-8-10-4-6-11(12-3)7-5-10/h4-7,9H,8H2,1-3H3. The smallest absolute Gasteiger partial charge is 0.118 e. The van der Waals surface area contributed by atoms with Gasteiger partial charge >= 0.3 is 0 Å². The average molecular weight is 196 g/mol. The van der Waals surface area contributed by atoms with Gasteiger partial charge in [0.25, 0.3) is 0 Å². The Kier molecular flexibility index (Phi) is 4.16. The van der Waals surface area contributed by atoms with Crippen molar-refractivity contribution in [1.29, 1.82) is 0 Å². The Balaban J connectivity index is 2.49. The molecule has 1 aromatic carbocycles. The Hall–Kier alpha value is -0.630. The van der Waals surface area contributed by atoms with Crippen LogP contribution < -0.4 is 4.74 Å². The van der Waals surface area contributed by atoms with Gasteiger partial charge in [-0.25, -0.2) is 0 Å². The Morgan fingerprint density at radius 1 is 1.23 bits per heavy atom. The van der Waals surface area contributed by atoms with Crippen LogP contribution in [0.5, 0.6) is 5.75 Å².